The summed E-state index contributed by atoms with van der Waals surface area (Å²) in [5, 5.41) is 3.45. The monoisotopic (exact) mass is 318 g/mol. The fourth-order valence-electron chi connectivity index (χ4n) is 2.20. The molecule has 0 atom stereocenters. The third kappa shape index (κ3) is 3.09. The zero-order valence-corrected chi connectivity index (χ0v) is 13.2. The fourth-order valence-corrected chi connectivity index (χ4v) is 3.11. The predicted octanol–water partition coefficient (Wildman–Crippen LogP) is 4.16. The second kappa shape index (κ2) is 6.28. The number of nitrogens with one attached hydrogen (secondary N) is 1. The van der Waals surface area contributed by atoms with Gasteiger partial charge in [0.25, 0.3) is 0 Å². The molecule has 1 N–H and O–H groups in total. The first-order valence-corrected chi connectivity index (χ1v) is 7.93. The third-order valence-corrected chi connectivity index (χ3v) is 4.29. The molecule has 0 radical (unpaired) electrons. The highest BCUT2D eigenvalue weighted by molar-refractivity contribution is 7.15. The van der Waals surface area contributed by atoms with Crippen molar-refractivity contribution in [1.82, 2.24) is 14.5 Å². The average molecular weight is 319 g/mol. The van der Waals surface area contributed by atoms with Crippen LogP contribution in [0.15, 0.2) is 42.9 Å². The van der Waals surface area contributed by atoms with E-state index in [2.05, 4.69) is 38.9 Å². The van der Waals surface area contributed by atoms with Crippen molar-refractivity contribution in [1.29, 1.82) is 0 Å². The number of thiazole rings is 1. The molecule has 0 bridgehead atoms. The lowest BCUT2D eigenvalue weighted by atomic mass is 10.2. The van der Waals surface area contributed by atoms with E-state index in [1.165, 1.54) is 11.3 Å². The van der Waals surface area contributed by atoms with E-state index < -0.39 is 0 Å². The first-order valence-electron chi connectivity index (χ1n) is 6.73. The first kappa shape index (κ1) is 14.1. The van der Waals surface area contributed by atoms with Gasteiger partial charge in [-0.1, -0.05) is 30.7 Å². The van der Waals surface area contributed by atoms with Gasteiger partial charge in [0.1, 0.15) is 5.82 Å². The molecular weight excluding hydrogens is 304 g/mol. The maximum absolute atomic E-state index is 5.86. The van der Waals surface area contributed by atoms with Gasteiger partial charge >= 0.3 is 0 Å². The van der Waals surface area contributed by atoms with E-state index in [9.17, 15) is 0 Å². The van der Waals surface area contributed by atoms with Crippen LogP contribution in [0.25, 0.3) is 5.69 Å². The molecule has 1 aromatic carbocycles. The number of para-hydroxylation sites is 2. The Morgan fingerprint density at radius 1 is 1.29 bits per heavy atom. The minimum Gasteiger partial charge on any atom is -0.378 e. The largest absolute Gasteiger partial charge is 0.378 e. The number of anilines is 1. The van der Waals surface area contributed by atoms with Gasteiger partial charge in [0.2, 0.25) is 0 Å². The van der Waals surface area contributed by atoms with E-state index >= 15 is 0 Å². The summed E-state index contributed by atoms with van der Waals surface area (Å²) in [5.41, 5.74) is 2.16. The van der Waals surface area contributed by atoms with Crippen molar-refractivity contribution in [2.45, 2.75) is 19.9 Å². The highest BCUT2D eigenvalue weighted by atomic mass is 35.5. The average Bonchev–Trinajstić information content (AvgIpc) is 3.14. The molecule has 3 rings (SSSR count). The first-order chi connectivity index (χ1) is 10.3. The van der Waals surface area contributed by atoms with Crippen LogP contribution in [0, 0.1) is 0 Å². The molecule has 0 unspecified atom stereocenters. The highest BCUT2D eigenvalue weighted by Crippen LogP contribution is 2.24. The Morgan fingerprint density at radius 3 is 2.90 bits per heavy atom. The number of benzene rings is 1. The van der Waals surface area contributed by atoms with Crippen LogP contribution in [0.4, 0.5) is 5.69 Å². The van der Waals surface area contributed by atoms with Crippen molar-refractivity contribution in [3.05, 3.63) is 58.0 Å². The molecule has 0 saturated heterocycles. The molecule has 0 saturated carbocycles. The van der Waals surface area contributed by atoms with Gasteiger partial charge < -0.3 is 9.88 Å². The van der Waals surface area contributed by atoms with Gasteiger partial charge in [-0.25, -0.2) is 9.97 Å². The fraction of sp³-hybridized carbons (Fsp3) is 0.200. The molecule has 0 aliphatic carbocycles. The molecule has 2 heterocycles. The number of halogens is 1. The van der Waals surface area contributed by atoms with Crippen LogP contribution in [0.5, 0.6) is 0 Å². The van der Waals surface area contributed by atoms with E-state index in [1.54, 1.807) is 6.20 Å². The van der Waals surface area contributed by atoms with Gasteiger partial charge in [-0.2, -0.15) is 0 Å². The second-order valence-corrected chi connectivity index (χ2v) is 6.21. The number of hydrogen-bond donors (Lipinski definition) is 1. The van der Waals surface area contributed by atoms with Gasteiger partial charge in [0.15, 0.2) is 4.47 Å². The minimum absolute atomic E-state index is 0.572. The molecule has 0 fully saturated rings. The van der Waals surface area contributed by atoms with E-state index in [4.69, 9.17) is 11.6 Å². The summed E-state index contributed by atoms with van der Waals surface area (Å²) in [6, 6.07) is 8.21. The number of nitrogens with zero attached hydrogens (tertiary/aromatic N) is 3. The third-order valence-electron chi connectivity index (χ3n) is 3.18. The quantitative estimate of drug-likeness (QED) is 0.768. The molecule has 0 amide bonds. The molecular formula is C15H15ClN4S. The van der Waals surface area contributed by atoms with Gasteiger partial charge in [0, 0.05) is 29.9 Å². The van der Waals surface area contributed by atoms with Crippen molar-refractivity contribution in [2.24, 2.45) is 0 Å². The Morgan fingerprint density at radius 2 is 2.14 bits per heavy atom. The number of aryl methyl sites for hydroxylation is 1. The Bertz CT molecular complexity index is 735. The Labute approximate surface area is 132 Å². The summed E-state index contributed by atoms with van der Waals surface area (Å²) in [4.78, 5) is 9.55. The van der Waals surface area contributed by atoms with Gasteiger partial charge in [-0.15, -0.1) is 11.3 Å². The molecule has 0 spiro atoms. The molecule has 3 aromatic rings. The Kier molecular flexibility index (Phi) is 4.22. The standard InChI is InChI=1S/C15H15ClN4S/c1-2-14-17-7-8-20(14)13-6-4-3-5-12(13)18-9-11-10-19-15(16)21-11/h3-8,10,18H,2,9H2,1H3. The molecule has 0 aliphatic heterocycles. The normalized spacial score (nSPS) is 10.8. The predicted molar refractivity (Wildman–Crippen MR) is 87.4 cm³/mol. The molecule has 0 aliphatic rings. The number of imidazole rings is 1. The molecule has 108 valence electrons. The summed E-state index contributed by atoms with van der Waals surface area (Å²) < 4.78 is 2.69. The maximum Gasteiger partial charge on any atom is 0.183 e. The van der Waals surface area contributed by atoms with Crippen LogP contribution in [-0.2, 0) is 13.0 Å². The van der Waals surface area contributed by atoms with Crippen molar-refractivity contribution < 1.29 is 0 Å². The van der Waals surface area contributed by atoms with Crippen LogP contribution >= 0.6 is 22.9 Å². The van der Waals surface area contributed by atoms with Crippen LogP contribution in [0.3, 0.4) is 0 Å². The van der Waals surface area contributed by atoms with Crippen molar-refractivity contribution >= 4 is 28.6 Å². The van der Waals surface area contributed by atoms with E-state index in [0.29, 0.717) is 11.0 Å². The zero-order chi connectivity index (χ0) is 14.7. The van der Waals surface area contributed by atoms with Crippen LogP contribution < -0.4 is 5.32 Å². The lowest BCUT2D eigenvalue weighted by Crippen LogP contribution is -2.05. The van der Waals surface area contributed by atoms with E-state index in [0.717, 1.165) is 28.5 Å². The lowest BCUT2D eigenvalue weighted by Gasteiger charge is -2.13. The Hall–Kier alpha value is -1.85. The number of aromatic nitrogens is 3. The molecule has 4 nitrogen and oxygen atoms in total. The topological polar surface area (TPSA) is 42.7 Å². The van der Waals surface area contributed by atoms with Crippen molar-refractivity contribution in [3.8, 4) is 5.69 Å². The second-order valence-electron chi connectivity index (χ2n) is 4.52. The van der Waals surface area contributed by atoms with Gasteiger partial charge in [-0.05, 0) is 12.1 Å². The highest BCUT2D eigenvalue weighted by Gasteiger charge is 2.08. The van der Waals surface area contributed by atoms with Gasteiger partial charge in [-0.3, -0.25) is 0 Å². The lowest BCUT2D eigenvalue weighted by molar-refractivity contribution is 0.890. The summed E-state index contributed by atoms with van der Waals surface area (Å²) in [5.74, 6) is 1.05. The number of hydrogen-bond acceptors (Lipinski definition) is 4. The van der Waals surface area contributed by atoms with Crippen LogP contribution in [-0.4, -0.2) is 14.5 Å². The summed E-state index contributed by atoms with van der Waals surface area (Å²) in [6.45, 7) is 2.81. The molecule has 6 heteroatoms. The molecule has 21 heavy (non-hydrogen) atoms. The summed E-state index contributed by atoms with van der Waals surface area (Å²) in [6.07, 6.45) is 6.52. The maximum atomic E-state index is 5.86. The Balaban J connectivity index is 1.86. The zero-order valence-electron chi connectivity index (χ0n) is 11.6. The molecule has 2 aromatic heterocycles. The smallest absolute Gasteiger partial charge is 0.183 e. The van der Waals surface area contributed by atoms with E-state index in [1.807, 2.05) is 24.5 Å². The van der Waals surface area contributed by atoms with Gasteiger partial charge in [0.05, 0.1) is 17.9 Å². The van der Waals surface area contributed by atoms with Crippen LogP contribution in [0.1, 0.15) is 17.6 Å². The minimum atomic E-state index is 0.572. The summed E-state index contributed by atoms with van der Waals surface area (Å²) in [7, 11) is 0. The van der Waals surface area contributed by atoms with Crippen molar-refractivity contribution in [3.63, 3.8) is 0 Å². The van der Waals surface area contributed by atoms with E-state index in [-0.39, 0.29) is 0 Å². The number of rotatable bonds is 5. The van der Waals surface area contributed by atoms with Crippen LogP contribution in [0.2, 0.25) is 4.47 Å². The SMILES string of the molecule is CCc1nccn1-c1ccccc1NCc1cnc(Cl)s1. The van der Waals surface area contributed by atoms with Crippen molar-refractivity contribution in [2.75, 3.05) is 5.32 Å². The summed E-state index contributed by atoms with van der Waals surface area (Å²) >= 11 is 7.35.